The predicted octanol–water partition coefficient (Wildman–Crippen LogP) is 5.16. The lowest BCUT2D eigenvalue weighted by Gasteiger charge is -2.27. The van der Waals surface area contributed by atoms with Crippen LogP contribution in [0.5, 0.6) is 0 Å². The quantitative estimate of drug-likeness (QED) is 0.561. The molecule has 1 aromatic heterocycles. The molecule has 0 radical (unpaired) electrons. The zero-order valence-electron chi connectivity index (χ0n) is 13.6. The molecule has 1 amide bonds. The Labute approximate surface area is 155 Å². The van der Waals surface area contributed by atoms with Crippen molar-refractivity contribution in [2.75, 3.05) is 18.1 Å². The van der Waals surface area contributed by atoms with Crippen molar-refractivity contribution in [3.63, 3.8) is 0 Å². The number of halogens is 1. The van der Waals surface area contributed by atoms with Gasteiger partial charge in [0, 0.05) is 28.9 Å². The maximum Gasteiger partial charge on any atom is 0.260 e. The van der Waals surface area contributed by atoms with Crippen LogP contribution < -0.4 is 4.90 Å². The van der Waals surface area contributed by atoms with Crippen LogP contribution >= 0.6 is 22.9 Å². The van der Waals surface area contributed by atoms with Gasteiger partial charge in [-0.2, -0.15) is 0 Å². The fourth-order valence-electron chi connectivity index (χ4n) is 3.33. The Morgan fingerprint density at radius 1 is 1.16 bits per heavy atom. The highest BCUT2D eigenvalue weighted by Gasteiger charge is 2.30. The number of hydrogen-bond donors (Lipinski definition) is 0. The smallest absolute Gasteiger partial charge is 0.260 e. The Balaban J connectivity index is 1.64. The van der Waals surface area contributed by atoms with E-state index in [1.807, 2.05) is 59.5 Å². The number of carbonyl (C=O) groups excluding carboxylic acids is 1. The second-order valence-electron chi connectivity index (χ2n) is 6.06. The third-order valence-corrected chi connectivity index (χ3v) is 5.60. The molecule has 5 heteroatoms. The van der Waals surface area contributed by atoms with E-state index in [-0.39, 0.29) is 5.91 Å². The summed E-state index contributed by atoms with van der Waals surface area (Å²) in [5, 5.41) is 2.15. The molecular formula is C20H17ClN2OS. The minimum Gasteiger partial charge on any atom is -0.294 e. The summed E-state index contributed by atoms with van der Waals surface area (Å²) < 4.78 is 0.781. The molecule has 1 aliphatic heterocycles. The van der Waals surface area contributed by atoms with Crippen LogP contribution in [0.15, 0.2) is 61.2 Å². The monoisotopic (exact) mass is 368 g/mol. The molecule has 1 aliphatic rings. The standard InChI is InChI=1S/C20H17ClN2OS/c1-2-11-22(12-15-9-10-18(21)25-15)13-23-17-8-4-6-14-5-3-7-16(19(14)17)20(23)24/h2-10H,1,11-13H2. The third kappa shape index (κ3) is 2.97. The lowest BCUT2D eigenvalue weighted by Crippen LogP contribution is -2.39. The van der Waals surface area contributed by atoms with Crippen molar-refractivity contribution in [2.45, 2.75) is 6.54 Å². The topological polar surface area (TPSA) is 23.6 Å². The van der Waals surface area contributed by atoms with Crippen LogP contribution in [0.4, 0.5) is 5.69 Å². The predicted molar refractivity (Wildman–Crippen MR) is 106 cm³/mol. The second-order valence-corrected chi connectivity index (χ2v) is 7.86. The Morgan fingerprint density at radius 3 is 2.68 bits per heavy atom. The van der Waals surface area contributed by atoms with Gasteiger partial charge in [0.15, 0.2) is 0 Å². The van der Waals surface area contributed by atoms with Crippen LogP contribution in [0.2, 0.25) is 4.34 Å². The molecule has 0 unspecified atom stereocenters. The van der Waals surface area contributed by atoms with Gasteiger partial charge in [-0.1, -0.05) is 41.9 Å². The van der Waals surface area contributed by atoms with Gasteiger partial charge in [0.2, 0.25) is 0 Å². The summed E-state index contributed by atoms with van der Waals surface area (Å²) in [6, 6.07) is 15.9. The number of thiophene rings is 1. The van der Waals surface area contributed by atoms with E-state index >= 15 is 0 Å². The molecule has 2 heterocycles. The van der Waals surface area contributed by atoms with Crippen molar-refractivity contribution >= 4 is 45.3 Å². The van der Waals surface area contributed by atoms with Crippen molar-refractivity contribution in [3.05, 3.63) is 76.0 Å². The Hall–Kier alpha value is -2.14. The summed E-state index contributed by atoms with van der Waals surface area (Å²) in [5.74, 6) is 0.0603. The van der Waals surface area contributed by atoms with Crippen molar-refractivity contribution in [3.8, 4) is 0 Å². The van der Waals surface area contributed by atoms with Crippen LogP contribution in [0.3, 0.4) is 0 Å². The third-order valence-electron chi connectivity index (χ3n) is 4.39. The first-order valence-corrected chi connectivity index (χ1v) is 9.28. The molecule has 3 aromatic rings. The normalized spacial score (nSPS) is 13.2. The highest BCUT2D eigenvalue weighted by atomic mass is 35.5. The van der Waals surface area contributed by atoms with Crippen LogP contribution in [-0.2, 0) is 6.54 Å². The first kappa shape index (κ1) is 16.3. The average Bonchev–Trinajstić information content (AvgIpc) is 3.13. The summed E-state index contributed by atoms with van der Waals surface area (Å²) >= 11 is 7.61. The van der Waals surface area contributed by atoms with Gasteiger partial charge in [-0.25, -0.2) is 0 Å². The fourth-order valence-corrected chi connectivity index (χ4v) is 4.46. The SMILES string of the molecule is C=CCN(Cc1ccc(Cl)s1)CN1C(=O)c2cccc3cccc1c23. The number of anilines is 1. The average molecular weight is 369 g/mol. The second kappa shape index (κ2) is 6.64. The molecule has 126 valence electrons. The summed E-state index contributed by atoms with van der Waals surface area (Å²) in [6.45, 7) is 5.81. The van der Waals surface area contributed by atoms with E-state index < -0.39 is 0 Å². The number of rotatable bonds is 6. The Bertz CT molecular complexity index is 960. The van der Waals surface area contributed by atoms with E-state index in [1.54, 1.807) is 11.3 Å². The van der Waals surface area contributed by atoms with Crippen molar-refractivity contribution < 1.29 is 4.79 Å². The molecule has 4 rings (SSSR count). The summed E-state index contributed by atoms with van der Waals surface area (Å²) in [6.07, 6.45) is 1.86. The largest absolute Gasteiger partial charge is 0.294 e. The zero-order chi connectivity index (χ0) is 17.4. The summed E-state index contributed by atoms with van der Waals surface area (Å²) in [4.78, 5) is 18.2. The van der Waals surface area contributed by atoms with E-state index in [0.717, 1.165) is 32.9 Å². The summed E-state index contributed by atoms with van der Waals surface area (Å²) in [5.41, 5.74) is 1.77. The molecule has 3 nitrogen and oxygen atoms in total. The lowest BCUT2D eigenvalue weighted by molar-refractivity contribution is 0.0975. The molecule has 0 saturated carbocycles. The molecule has 0 aliphatic carbocycles. The minimum absolute atomic E-state index is 0.0603. The van der Waals surface area contributed by atoms with Crippen molar-refractivity contribution in [2.24, 2.45) is 0 Å². The minimum atomic E-state index is 0.0603. The highest BCUT2D eigenvalue weighted by molar-refractivity contribution is 7.16. The van der Waals surface area contributed by atoms with Gasteiger partial charge in [-0.15, -0.1) is 17.9 Å². The van der Waals surface area contributed by atoms with Gasteiger partial charge < -0.3 is 0 Å². The van der Waals surface area contributed by atoms with Crippen molar-refractivity contribution in [1.29, 1.82) is 0 Å². The molecule has 2 aromatic carbocycles. The van der Waals surface area contributed by atoms with Crippen LogP contribution in [0.1, 0.15) is 15.2 Å². The van der Waals surface area contributed by atoms with Gasteiger partial charge in [-0.05, 0) is 29.7 Å². The van der Waals surface area contributed by atoms with E-state index in [9.17, 15) is 4.79 Å². The maximum atomic E-state index is 12.9. The maximum absolute atomic E-state index is 12.9. The zero-order valence-corrected chi connectivity index (χ0v) is 15.2. The lowest BCUT2D eigenvalue weighted by atomic mass is 10.1. The first-order valence-electron chi connectivity index (χ1n) is 8.08. The number of hydrogen-bond acceptors (Lipinski definition) is 3. The number of carbonyl (C=O) groups is 1. The van der Waals surface area contributed by atoms with Crippen molar-refractivity contribution in [1.82, 2.24) is 4.90 Å². The Morgan fingerprint density at radius 2 is 1.96 bits per heavy atom. The van der Waals surface area contributed by atoms with Gasteiger partial charge >= 0.3 is 0 Å². The molecule has 0 saturated heterocycles. The van der Waals surface area contributed by atoms with Gasteiger partial charge in [0.25, 0.3) is 5.91 Å². The Kier molecular flexibility index (Phi) is 4.34. The van der Waals surface area contributed by atoms with Crippen LogP contribution in [0.25, 0.3) is 10.8 Å². The number of nitrogens with zero attached hydrogens (tertiary/aromatic N) is 2. The van der Waals surface area contributed by atoms with Crippen LogP contribution in [-0.4, -0.2) is 24.0 Å². The van der Waals surface area contributed by atoms with Gasteiger partial charge in [0.1, 0.15) is 0 Å². The first-order chi connectivity index (χ1) is 12.2. The molecule has 0 N–H and O–H groups in total. The van der Waals surface area contributed by atoms with E-state index in [4.69, 9.17) is 11.6 Å². The number of benzene rings is 2. The molecule has 0 fully saturated rings. The highest BCUT2D eigenvalue weighted by Crippen LogP contribution is 2.37. The van der Waals surface area contributed by atoms with Gasteiger partial charge in [0.05, 0.1) is 16.7 Å². The summed E-state index contributed by atoms with van der Waals surface area (Å²) in [7, 11) is 0. The number of amides is 1. The van der Waals surface area contributed by atoms with E-state index in [1.165, 1.54) is 4.88 Å². The molecule has 0 atom stereocenters. The molecule has 25 heavy (non-hydrogen) atoms. The fraction of sp³-hybridized carbons (Fsp3) is 0.150. The van der Waals surface area contributed by atoms with Gasteiger partial charge in [-0.3, -0.25) is 14.6 Å². The van der Waals surface area contributed by atoms with Crippen LogP contribution in [0, 0.1) is 0 Å². The van der Waals surface area contributed by atoms with E-state index in [2.05, 4.69) is 11.5 Å². The molecular weight excluding hydrogens is 352 g/mol. The molecule has 0 spiro atoms. The molecule has 0 bridgehead atoms. The van der Waals surface area contributed by atoms with E-state index in [0.29, 0.717) is 13.2 Å².